The molecule has 2 heterocycles. The van der Waals surface area contributed by atoms with E-state index >= 15 is 0 Å². The van der Waals surface area contributed by atoms with Crippen molar-refractivity contribution in [1.82, 2.24) is 10.3 Å². The third-order valence-electron chi connectivity index (χ3n) is 2.66. The molecular formula is C11H12FN3O5S. The molecule has 3 amide bonds. The van der Waals surface area contributed by atoms with Crippen LogP contribution in [0.15, 0.2) is 12.1 Å². The molecule has 10 heteroatoms. The molecular weight excluding hydrogens is 305 g/mol. The molecule has 0 bridgehead atoms. The molecule has 0 unspecified atom stereocenters. The maximum absolute atomic E-state index is 13.3. The van der Waals surface area contributed by atoms with Gasteiger partial charge in [-0.15, -0.1) is 0 Å². The van der Waals surface area contributed by atoms with Crippen LogP contribution in [-0.2, 0) is 25.7 Å². The predicted molar refractivity (Wildman–Crippen MR) is 69.3 cm³/mol. The van der Waals surface area contributed by atoms with Crippen molar-refractivity contribution in [3.63, 3.8) is 0 Å². The Bertz CT molecular complexity index is 691. The summed E-state index contributed by atoms with van der Waals surface area (Å²) in [5.41, 5.74) is 0.214. The van der Waals surface area contributed by atoms with Crippen LogP contribution in [0.3, 0.4) is 0 Å². The van der Waals surface area contributed by atoms with E-state index in [1.165, 1.54) is 6.07 Å². The molecule has 0 spiro atoms. The average molecular weight is 317 g/mol. The van der Waals surface area contributed by atoms with Crippen LogP contribution in [0.4, 0.5) is 15.0 Å². The molecule has 1 N–H and O–H groups in total. The number of imide groups is 1. The summed E-state index contributed by atoms with van der Waals surface area (Å²) in [4.78, 5) is 27.5. The van der Waals surface area contributed by atoms with E-state index in [1.807, 2.05) is 0 Å². The summed E-state index contributed by atoms with van der Waals surface area (Å²) in [6.45, 7) is -0.369. The summed E-state index contributed by atoms with van der Waals surface area (Å²) >= 11 is 0. The number of hydrogen-bond acceptors (Lipinski definition) is 6. The lowest BCUT2D eigenvalue weighted by Crippen LogP contribution is -2.50. The quantitative estimate of drug-likeness (QED) is 0.625. The minimum atomic E-state index is -3.70. The van der Waals surface area contributed by atoms with Gasteiger partial charge in [-0.25, -0.2) is 9.78 Å². The highest BCUT2D eigenvalue weighted by atomic mass is 32.2. The third-order valence-corrected chi connectivity index (χ3v) is 3.21. The predicted octanol–water partition coefficient (Wildman–Crippen LogP) is 0.143. The van der Waals surface area contributed by atoms with E-state index in [0.29, 0.717) is 0 Å². The number of nitrogens with zero attached hydrogens (tertiary/aromatic N) is 2. The zero-order valence-electron chi connectivity index (χ0n) is 11.0. The summed E-state index contributed by atoms with van der Waals surface area (Å²) in [5.74, 6) is -1.36. The number of aromatic nitrogens is 1. The van der Waals surface area contributed by atoms with Crippen molar-refractivity contribution in [3.8, 4) is 0 Å². The highest BCUT2D eigenvalue weighted by Gasteiger charge is 2.27. The van der Waals surface area contributed by atoms with Gasteiger partial charge >= 0.3 is 6.03 Å². The molecule has 8 nitrogen and oxygen atoms in total. The summed E-state index contributed by atoms with van der Waals surface area (Å²) < 4.78 is 39.9. The number of hydrogen-bond donors (Lipinski definition) is 1. The van der Waals surface area contributed by atoms with Crippen LogP contribution in [0, 0.1) is 5.95 Å². The molecule has 1 aliphatic heterocycles. The van der Waals surface area contributed by atoms with Crippen molar-refractivity contribution in [1.29, 1.82) is 0 Å². The Morgan fingerprint density at radius 3 is 2.76 bits per heavy atom. The molecule has 2 rings (SSSR count). The van der Waals surface area contributed by atoms with Gasteiger partial charge in [0.05, 0.1) is 12.9 Å². The van der Waals surface area contributed by atoms with E-state index in [-0.39, 0.29) is 31.0 Å². The lowest BCUT2D eigenvalue weighted by atomic mass is 10.2. The molecule has 1 fully saturated rings. The standard InChI is InChI=1S/C11H12FN3O5S/c1-21(18,19)20-6-7-2-3-8(12)13-10(7)15-5-4-9(16)14-11(15)17/h2-3H,4-6H2,1H3,(H,14,16,17). The summed E-state index contributed by atoms with van der Waals surface area (Å²) in [5, 5.41) is 2.07. The molecule has 1 aliphatic rings. The largest absolute Gasteiger partial charge is 0.329 e. The van der Waals surface area contributed by atoms with Crippen molar-refractivity contribution < 1.29 is 26.6 Å². The van der Waals surface area contributed by atoms with Crippen molar-refractivity contribution in [3.05, 3.63) is 23.6 Å². The Hall–Kier alpha value is -2.07. The van der Waals surface area contributed by atoms with E-state index in [1.54, 1.807) is 0 Å². The fourth-order valence-corrected chi connectivity index (χ4v) is 2.08. The molecule has 1 aromatic heterocycles. The van der Waals surface area contributed by atoms with Crippen LogP contribution < -0.4 is 10.2 Å². The average Bonchev–Trinajstić information content (AvgIpc) is 2.36. The highest BCUT2D eigenvalue weighted by Crippen LogP contribution is 2.21. The van der Waals surface area contributed by atoms with Gasteiger partial charge in [0.2, 0.25) is 11.9 Å². The summed E-state index contributed by atoms with van der Waals surface area (Å²) in [7, 11) is -3.70. The van der Waals surface area contributed by atoms with Gasteiger partial charge in [-0.05, 0) is 12.1 Å². The normalized spacial score (nSPS) is 16.0. The molecule has 0 atom stereocenters. The molecule has 0 radical (unpaired) electrons. The molecule has 1 saturated heterocycles. The monoisotopic (exact) mass is 317 g/mol. The smallest absolute Gasteiger partial charge is 0.278 e. The first-order valence-electron chi connectivity index (χ1n) is 5.87. The number of pyridine rings is 1. The Kier molecular flexibility index (Phi) is 4.19. The second-order valence-corrected chi connectivity index (χ2v) is 5.98. The molecule has 0 aromatic carbocycles. The second kappa shape index (κ2) is 5.74. The van der Waals surface area contributed by atoms with Gasteiger partial charge in [-0.3, -0.25) is 19.2 Å². The fraction of sp³-hybridized carbons (Fsp3) is 0.364. The molecule has 0 saturated carbocycles. The summed E-state index contributed by atoms with van der Waals surface area (Å²) in [6, 6.07) is 1.55. The van der Waals surface area contributed by atoms with Gasteiger partial charge in [-0.2, -0.15) is 12.8 Å². The number of carbonyl (C=O) groups is 2. The maximum Gasteiger partial charge on any atom is 0.329 e. The topological polar surface area (TPSA) is 106 Å². The maximum atomic E-state index is 13.3. The van der Waals surface area contributed by atoms with E-state index in [0.717, 1.165) is 17.2 Å². The molecule has 1 aromatic rings. The van der Waals surface area contributed by atoms with Gasteiger partial charge in [0.1, 0.15) is 5.82 Å². The van der Waals surface area contributed by atoms with Crippen molar-refractivity contribution in [2.45, 2.75) is 13.0 Å². The lowest BCUT2D eigenvalue weighted by molar-refractivity contribution is -0.120. The lowest BCUT2D eigenvalue weighted by Gasteiger charge is -2.27. The van der Waals surface area contributed by atoms with E-state index in [9.17, 15) is 22.4 Å². The van der Waals surface area contributed by atoms with Crippen LogP contribution in [-0.4, -0.2) is 38.1 Å². The highest BCUT2D eigenvalue weighted by molar-refractivity contribution is 7.85. The second-order valence-electron chi connectivity index (χ2n) is 4.34. The minimum Gasteiger partial charge on any atom is -0.278 e. The molecule has 114 valence electrons. The fourth-order valence-electron chi connectivity index (χ4n) is 1.74. The first kappa shape index (κ1) is 15.3. The third kappa shape index (κ3) is 3.95. The SMILES string of the molecule is CS(=O)(=O)OCc1ccc(F)nc1N1CCC(=O)NC1=O. The first-order valence-corrected chi connectivity index (χ1v) is 7.69. The van der Waals surface area contributed by atoms with Crippen molar-refractivity contribution in [2.75, 3.05) is 17.7 Å². The molecule has 0 aliphatic carbocycles. The number of carbonyl (C=O) groups excluding carboxylic acids is 2. The van der Waals surface area contributed by atoms with E-state index in [4.69, 9.17) is 0 Å². The zero-order valence-corrected chi connectivity index (χ0v) is 11.8. The van der Waals surface area contributed by atoms with Crippen LogP contribution in [0.25, 0.3) is 0 Å². The Labute approximate surface area is 120 Å². The van der Waals surface area contributed by atoms with Crippen LogP contribution in [0.2, 0.25) is 0 Å². The first-order chi connectivity index (χ1) is 9.76. The number of rotatable bonds is 4. The number of urea groups is 1. The van der Waals surface area contributed by atoms with Crippen LogP contribution >= 0.6 is 0 Å². The van der Waals surface area contributed by atoms with Gasteiger partial charge in [0.25, 0.3) is 10.1 Å². The minimum absolute atomic E-state index is 0.0208. The van der Waals surface area contributed by atoms with E-state index < -0.39 is 28.0 Å². The van der Waals surface area contributed by atoms with Crippen molar-refractivity contribution >= 4 is 27.9 Å². The number of anilines is 1. The Morgan fingerprint density at radius 2 is 2.14 bits per heavy atom. The Morgan fingerprint density at radius 1 is 1.43 bits per heavy atom. The van der Waals surface area contributed by atoms with Gasteiger partial charge in [0.15, 0.2) is 0 Å². The molecule has 21 heavy (non-hydrogen) atoms. The number of nitrogens with one attached hydrogen (secondary N) is 1. The zero-order chi connectivity index (χ0) is 15.6. The van der Waals surface area contributed by atoms with Crippen molar-refractivity contribution in [2.24, 2.45) is 0 Å². The van der Waals surface area contributed by atoms with Crippen LogP contribution in [0.5, 0.6) is 0 Å². The van der Waals surface area contributed by atoms with Crippen LogP contribution in [0.1, 0.15) is 12.0 Å². The van der Waals surface area contributed by atoms with Gasteiger partial charge in [-0.1, -0.05) is 0 Å². The Balaban J connectivity index is 2.31. The summed E-state index contributed by atoms with van der Waals surface area (Å²) in [6.07, 6.45) is 0.909. The number of halogens is 1. The van der Waals surface area contributed by atoms with Gasteiger partial charge < -0.3 is 0 Å². The van der Waals surface area contributed by atoms with Gasteiger partial charge in [0, 0.05) is 18.5 Å². The van der Waals surface area contributed by atoms with E-state index in [2.05, 4.69) is 14.5 Å². The number of amides is 3.